The second-order valence-electron chi connectivity index (χ2n) is 7.82. The van der Waals surface area contributed by atoms with Gasteiger partial charge in [-0.3, -0.25) is 0 Å². The Morgan fingerprint density at radius 3 is 1.61 bits per heavy atom. The van der Waals surface area contributed by atoms with Gasteiger partial charge in [-0.2, -0.15) is 0 Å². The third-order valence-corrected chi connectivity index (χ3v) is 4.97. The van der Waals surface area contributed by atoms with Crippen molar-refractivity contribution in [1.29, 1.82) is 0 Å². The third kappa shape index (κ3) is 6.14. The number of rotatable bonds is 4. The second kappa shape index (κ2) is 9.87. The van der Waals surface area contributed by atoms with E-state index in [1.165, 1.54) is 11.1 Å². The van der Waals surface area contributed by atoms with Crippen LogP contribution < -0.4 is 22.5 Å². The van der Waals surface area contributed by atoms with Crippen molar-refractivity contribution in [2.75, 3.05) is 17.2 Å². The monoisotopic (exact) mass is 414 g/mol. The van der Waals surface area contributed by atoms with Crippen LogP contribution in [0.5, 0.6) is 5.75 Å². The zero-order valence-corrected chi connectivity index (χ0v) is 18.0. The molecule has 0 spiro atoms. The summed E-state index contributed by atoms with van der Waals surface area (Å²) in [5.74, 6) is 0.262. The molecule has 0 atom stereocenters. The first-order valence-corrected chi connectivity index (χ1v) is 10.2. The Morgan fingerprint density at radius 2 is 1.13 bits per heavy atom. The van der Waals surface area contributed by atoms with Crippen molar-refractivity contribution in [2.45, 2.75) is 26.9 Å². The van der Waals surface area contributed by atoms with Gasteiger partial charge in [-0.1, -0.05) is 36.4 Å². The summed E-state index contributed by atoms with van der Waals surface area (Å²) in [6.07, 6.45) is 0. The Kier molecular flexibility index (Phi) is 7.00. The van der Waals surface area contributed by atoms with Gasteiger partial charge in [0, 0.05) is 35.5 Å². The highest BCUT2D eigenvalue weighted by molar-refractivity contribution is 5.98. The number of nitrogen functional groups attached to an aromatic ring is 3. The topological polar surface area (TPSA) is 110 Å². The number of nitrogens with one attached hydrogen (secondary N) is 1. The predicted octanol–water partition coefficient (Wildman–Crippen LogP) is 4.89. The van der Waals surface area contributed by atoms with E-state index in [4.69, 9.17) is 17.2 Å². The van der Waals surface area contributed by atoms with Crippen molar-refractivity contribution < 1.29 is 5.11 Å². The van der Waals surface area contributed by atoms with Crippen LogP contribution in [0, 0.1) is 13.8 Å². The van der Waals surface area contributed by atoms with Crippen LogP contribution in [0.2, 0.25) is 0 Å². The standard InChI is InChI=1S/C14H17N3.C12H13NO/c15-13-5-1-11(2-6-13)9-17-10-12-3-7-14(16)8-4-12;1-7-3-9-4-8(2)6-11(14)12(9)10(13)5-7/h1-8,17H,9-10,15-16H2;3-6,14H,13H2,1-2H3. The molecule has 4 aromatic rings. The molecule has 0 fully saturated rings. The van der Waals surface area contributed by atoms with E-state index in [0.29, 0.717) is 5.69 Å². The summed E-state index contributed by atoms with van der Waals surface area (Å²) >= 11 is 0. The molecule has 0 heterocycles. The number of aryl methyl sites for hydroxylation is 2. The average molecular weight is 415 g/mol. The van der Waals surface area contributed by atoms with Crippen LogP contribution in [0.3, 0.4) is 0 Å². The summed E-state index contributed by atoms with van der Waals surface area (Å²) in [6, 6.07) is 23.5. The van der Waals surface area contributed by atoms with Crippen LogP contribution in [0.25, 0.3) is 10.8 Å². The Bertz CT molecular complexity index is 1060. The molecule has 4 rings (SSSR count). The molecule has 31 heavy (non-hydrogen) atoms. The van der Waals surface area contributed by atoms with E-state index in [9.17, 15) is 5.11 Å². The molecule has 0 saturated heterocycles. The van der Waals surface area contributed by atoms with Crippen LogP contribution in [-0.2, 0) is 13.1 Å². The second-order valence-corrected chi connectivity index (χ2v) is 7.82. The van der Waals surface area contributed by atoms with Gasteiger partial charge < -0.3 is 27.6 Å². The van der Waals surface area contributed by atoms with Crippen molar-refractivity contribution in [3.63, 3.8) is 0 Å². The lowest BCUT2D eigenvalue weighted by atomic mass is 10.0. The van der Waals surface area contributed by atoms with E-state index < -0.39 is 0 Å². The summed E-state index contributed by atoms with van der Waals surface area (Å²) in [7, 11) is 0. The van der Waals surface area contributed by atoms with Crippen LogP contribution in [0.4, 0.5) is 17.1 Å². The molecule has 0 aliphatic heterocycles. The number of nitrogens with two attached hydrogens (primary N) is 3. The molecule has 0 aromatic heterocycles. The van der Waals surface area contributed by atoms with Gasteiger partial charge in [0.25, 0.3) is 0 Å². The molecule has 0 aliphatic carbocycles. The van der Waals surface area contributed by atoms with E-state index in [-0.39, 0.29) is 5.75 Å². The number of hydrogen-bond acceptors (Lipinski definition) is 5. The van der Waals surface area contributed by atoms with Crippen LogP contribution in [0.1, 0.15) is 22.3 Å². The zero-order chi connectivity index (χ0) is 22.4. The largest absolute Gasteiger partial charge is 0.507 e. The van der Waals surface area contributed by atoms with Crippen molar-refractivity contribution in [3.05, 3.63) is 95.1 Å². The molecule has 0 bridgehead atoms. The van der Waals surface area contributed by atoms with Gasteiger partial charge in [0.05, 0.1) is 0 Å². The van der Waals surface area contributed by atoms with Crippen molar-refractivity contribution in [3.8, 4) is 5.75 Å². The Balaban J connectivity index is 0.000000179. The summed E-state index contributed by atoms with van der Waals surface area (Å²) in [4.78, 5) is 0. The van der Waals surface area contributed by atoms with Crippen molar-refractivity contribution >= 4 is 27.8 Å². The van der Waals surface area contributed by atoms with Gasteiger partial charge in [-0.05, 0) is 77.9 Å². The SMILES string of the molecule is Cc1cc(N)c2c(O)cc(C)cc2c1.Nc1ccc(CNCc2ccc(N)cc2)cc1. The highest BCUT2D eigenvalue weighted by Gasteiger charge is 2.05. The molecule has 0 amide bonds. The highest BCUT2D eigenvalue weighted by atomic mass is 16.3. The summed E-state index contributed by atoms with van der Waals surface area (Å²) < 4.78 is 0. The van der Waals surface area contributed by atoms with E-state index in [1.807, 2.05) is 80.6 Å². The molecule has 0 saturated carbocycles. The number of phenols is 1. The molecule has 0 radical (unpaired) electrons. The van der Waals surface area contributed by atoms with E-state index in [2.05, 4.69) is 5.32 Å². The maximum absolute atomic E-state index is 9.74. The van der Waals surface area contributed by atoms with Gasteiger partial charge in [-0.25, -0.2) is 0 Å². The van der Waals surface area contributed by atoms with Crippen molar-refractivity contribution in [1.82, 2.24) is 5.32 Å². The molecule has 4 aromatic carbocycles. The fourth-order valence-electron chi connectivity index (χ4n) is 3.45. The van der Waals surface area contributed by atoms with Crippen LogP contribution in [-0.4, -0.2) is 5.11 Å². The quantitative estimate of drug-likeness (QED) is 0.306. The molecule has 0 unspecified atom stereocenters. The minimum atomic E-state index is 0.262. The van der Waals surface area contributed by atoms with Gasteiger partial charge in [0.2, 0.25) is 0 Å². The normalized spacial score (nSPS) is 10.5. The maximum Gasteiger partial charge on any atom is 0.125 e. The number of hydrogen-bond donors (Lipinski definition) is 5. The Labute approximate surface area is 183 Å². The predicted molar refractivity (Wildman–Crippen MR) is 132 cm³/mol. The first-order chi connectivity index (χ1) is 14.8. The lowest BCUT2D eigenvalue weighted by Gasteiger charge is -2.07. The highest BCUT2D eigenvalue weighted by Crippen LogP contribution is 2.32. The van der Waals surface area contributed by atoms with Crippen LogP contribution >= 0.6 is 0 Å². The van der Waals surface area contributed by atoms with Crippen molar-refractivity contribution in [2.24, 2.45) is 0 Å². The zero-order valence-electron chi connectivity index (χ0n) is 18.0. The first kappa shape index (κ1) is 22.0. The maximum atomic E-state index is 9.74. The molecule has 5 heteroatoms. The molecule has 160 valence electrons. The Morgan fingerprint density at radius 1 is 0.677 bits per heavy atom. The summed E-state index contributed by atoms with van der Waals surface area (Å²) in [5.41, 5.74) is 24.0. The molecule has 0 aliphatic rings. The lowest BCUT2D eigenvalue weighted by Crippen LogP contribution is -2.12. The average Bonchev–Trinajstić information content (AvgIpc) is 2.70. The van der Waals surface area contributed by atoms with Crippen LogP contribution in [0.15, 0.2) is 72.8 Å². The molecular formula is C26H30N4O. The lowest BCUT2D eigenvalue weighted by molar-refractivity contribution is 0.481. The van der Waals surface area contributed by atoms with E-state index >= 15 is 0 Å². The minimum Gasteiger partial charge on any atom is -0.507 e. The number of aromatic hydroxyl groups is 1. The fraction of sp³-hybridized carbons (Fsp3) is 0.154. The van der Waals surface area contributed by atoms with Gasteiger partial charge >= 0.3 is 0 Å². The Hall–Kier alpha value is -3.70. The van der Waals surface area contributed by atoms with Gasteiger partial charge in [0.1, 0.15) is 5.75 Å². The first-order valence-electron chi connectivity index (χ1n) is 10.2. The third-order valence-electron chi connectivity index (χ3n) is 4.97. The smallest absolute Gasteiger partial charge is 0.125 e. The number of fused-ring (bicyclic) bond motifs is 1. The minimum absolute atomic E-state index is 0.262. The summed E-state index contributed by atoms with van der Waals surface area (Å²) in [5, 5.41) is 14.9. The molecule has 5 nitrogen and oxygen atoms in total. The van der Waals surface area contributed by atoms with E-state index in [1.54, 1.807) is 6.07 Å². The molecule has 8 N–H and O–H groups in total. The molecular weight excluding hydrogens is 384 g/mol. The van der Waals surface area contributed by atoms with E-state index in [0.717, 1.165) is 46.4 Å². The number of phenolic OH excluding ortho intramolecular Hbond substituents is 1. The fourth-order valence-corrected chi connectivity index (χ4v) is 3.45. The summed E-state index contributed by atoms with van der Waals surface area (Å²) in [6.45, 7) is 5.63. The van der Waals surface area contributed by atoms with Gasteiger partial charge in [-0.15, -0.1) is 0 Å². The van der Waals surface area contributed by atoms with Gasteiger partial charge in [0.15, 0.2) is 0 Å². The number of benzene rings is 4. The number of anilines is 3.